The van der Waals surface area contributed by atoms with E-state index in [2.05, 4.69) is 4.90 Å². The molecule has 1 atom stereocenters. The van der Waals surface area contributed by atoms with Gasteiger partial charge in [-0.3, -0.25) is 4.79 Å². The van der Waals surface area contributed by atoms with Crippen LogP contribution < -0.4 is 4.74 Å². The molecule has 0 bridgehead atoms. The van der Waals surface area contributed by atoms with Gasteiger partial charge in [-0.05, 0) is 38.2 Å². The molecule has 0 aromatic heterocycles. The smallest absolute Gasteiger partial charge is 0.170 e. The summed E-state index contributed by atoms with van der Waals surface area (Å²) in [6, 6.07) is 17.4. The van der Waals surface area contributed by atoms with Gasteiger partial charge in [-0.25, -0.2) is 0 Å². The summed E-state index contributed by atoms with van der Waals surface area (Å²) in [6.45, 7) is 3.59. The molecule has 0 aliphatic heterocycles. The monoisotopic (exact) mass is 311 g/mol. The molecular formula is C20H25NO2. The summed E-state index contributed by atoms with van der Waals surface area (Å²) in [5.41, 5.74) is 1.81. The highest BCUT2D eigenvalue weighted by atomic mass is 16.5. The van der Waals surface area contributed by atoms with Gasteiger partial charge in [0, 0.05) is 18.0 Å². The van der Waals surface area contributed by atoms with Crippen LogP contribution in [0.25, 0.3) is 0 Å². The number of likely N-dealkylation sites (N-methyl/N-ethyl adjacent to an activating group) is 1. The van der Waals surface area contributed by atoms with Crippen LogP contribution in [0.3, 0.4) is 0 Å². The van der Waals surface area contributed by atoms with E-state index >= 15 is 0 Å². The Hall–Kier alpha value is -2.13. The number of rotatable bonds is 8. The van der Waals surface area contributed by atoms with E-state index < -0.39 is 0 Å². The predicted octanol–water partition coefficient (Wildman–Crippen LogP) is 4.00. The van der Waals surface area contributed by atoms with Crippen molar-refractivity contribution in [1.29, 1.82) is 0 Å². The van der Waals surface area contributed by atoms with Crippen molar-refractivity contribution in [3.63, 3.8) is 0 Å². The maximum atomic E-state index is 12.7. The van der Waals surface area contributed by atoms with Gasteiger partial charge >= 0.3 is 0 Å². The fourth-order valence-electron chi connectivity index (χ4n) is 2.52. The first-order chi connectivity index (χ1) is 11.1. The van der Waals surface area contributed by atoms with Crippen LogP contribution in [0.1, 0.15) is 35.2 Å². The summed E-state index contributed by atoms with van der Waals surface area (Å²) in [5.74, 6) is 0.917. The Labute approximate surface area is 138 Å². The first kappa shape index (κ1) is 17.2. The minimum atomic E-state index is -0.103. The Morgan fingerprint density at radius 3 is 2.26 bits per heavy atom. The highest BCUT2D eigenvalue weighted by Gasteiger charge is 2.20. The molecule has 3 heteroatoms. The molecule has 0 radical (unpaired) electrons. The molecule has 0 aliphatic carbocycles. The van der Waals surface area contributed by atoms with Crippen LogP contribution in [0.2, 0.25) is 0 Å². The predicted molar refractivity (Wildman–Crippen MR) is 94.3 cm³/mol. The van der Waals surface area contributed by atoms with Crippen molar-refractivity contribution in [2.24, 2.45) is 0 Å². The summed E-state index contributed by atoms with van der Waals surface area (Å²) in [6.07, 6.45) is 0.786. The van der Waals surface area contributed by atoms with Crippen LogP contribution in [0, 0.1) is 0 Å². The van der Waals surface area contributed by atoms with Crippen molar-refractivity contribution in [3.8, 4) is 5.75 Å². The van der Waals surface area contributed by atoms with E-state index in [1.165, 1.54) is 0 Å². The summed E-state index contributed by atoms with van der Waals surface area (Å²) in [7, 11) is 4.04. The molecule has 0 saturated heterocycles. The van der Waals surface area contributed by atoms with Crippen molar-refractivity contribution >= 4 is 5.78 Å². The van der Waals surface area contributed by atoms with Crippen LogP contribution >= 0.6 is 0 Å². The van der Waals surface area contributed by atoms with Gasteiger partial charge in [-0.2, -0.15) is 0 Å². The van der Waals surface area contributed by atoms with Gasteiger partial charge in [0.05, 0.1) is 0 Å². The zero-order chi connectivity index (χ0) is 16.7. The largest absolute Gasteiger partial charge is 0.492 e. The summed E-state index contributed by atoms with van der Waals surface area (Å²) in [4.78, 5) is 14.8. The Balaban J connectivity index is 2.05. The zero-order valence-corrected chi connectivity index (χ0v) is 14.2. The van der Waals surface area contributed by atoms with Gasteiger partial charge in [0.15, 0.2) is 5.78 Å². The third kappa shape index (κ3) is 4.93. The van der Waals surface area contributed by atoms with Gasteiger partial charge in [0.25, 0.3) is 0 Å². The quantitative estimate of drug-likeness (QED) is 0.690. The number of Topliss-reactive ketones (excluding diaryl/α,β-unsaturated/α-hetero) is 1. The van der Waals surface area contributed by atoms with Gasteiger partial charge < -0.3 is 9.64 Å². The van der Waals surface area contributed by atoms with Gasteiger partial charge in [0.2, 0.25) is 0 Å². The van der Waals surface area contributed by atoms with Crippen LogP contribution in [0.4, 0.5) is 0 Å². The van der Waals surface area contributed by atoms with Crippen LogP contribution in [0.15, 0.2) is 54.6 Å². The molecule has 23 heavy (non-hydrogen) atoms. The minimum Gasteiger partial charge on any atom is -0.492 e. The lowest BCUT2D eigenvalue weighted by molar-refractivity contribution is 0.0957. The molecule has 0 fully saturated rings. The Morgan fingerprint density at radius 2 is 1.70 bits per heavy atom. The van der Waals surface area contributed by atoms with E-state index in [1.54, 1.807) is 0 Å². The third-order valence-corrected chi connectivity index (χ3v) is 3.87. The second-order valence-electron chi connectivity index (χ2n) is 5.91. The number of nitrogens with zero attached hydrogens (tertiary/aromatic N) is 1. The van der Waals surface area contributed by atoms with Crippen molar-refractivity contribution in [3.05, 3.63) is 65.7 Å². The second kappa shape index (κ2) is 8.49. The molecule has 0 saturated carbocycles. The Kier molecular flexibility index (Phi) is 6.36. The number of hydrogen-bond acceptors (Lipinski definition) is 3. The fourth-order valence-corrected chi connectivity index (χ4v) is 2.52. The molecule has 0 aliphatic rings. The van der Waals surface area contributed by atoms with E-state index in [1.807, 2.05) is 75.6 Å². The standard InChI is InChI=1S/C20H25NO2/c1-4-19(20(22)17-8-6-5-7-9-17)16-10-12-18(13-11-16)23-15-14-21(2)3/h5-13,19H,4,14-15H2,1-3H3. The molecule has 122 valence electrons. The SMILES string of the molecule is CCC(C(=O)c1ccccc1)c1ccc(OCCN(C)C)cc1. The van der Waals surface area contributed by atoms with Gasteiger partial charge in [-0.1, -0.05) is 49.4 Å². The number of hydrogen-bond donors (Lipinski definition) is 0. The maximum absolute atomic E-state index is 12.7. The first-order valence-corrected chi connectivity index (χ1v) is 8.08. The normalized spacial score (nSPS) is 12.2. The summed E-state index contributed by atoms with van der Waals surface area (Å²) < 4.78 is 5.70. The van der Waals surface area contributed by atoms with Crippen molar-refractivity contribution < 1.29 is 9.53 Å². The number of ketones is 1. The fraction of sp³-hybridized carbons (Fsp3) is 0.350. The van der Waals surface area contributed by atoms with Crippen molar-refractivity contribution in [2.75, 3.05) is 27.2 Å². The van der Waals surface area contributed by atoms with E-state index in [-0.39, 0.29) is 11.7 Å². The summed E-state index contributed by atoms with van der Waals surface area (Å²) in [5, 5.41) is 0. The van der Waals surface area contributed by atoms with E-state index in [0.29, 0.717) is 6.61 Å². The number of carbonyl (C=O) groups excluding carboxylic acids is 1. The van der Waals surface area contributed by atoms with Crippen molar-refractivity contribution in [2.45, 2.75) is 19.3 Å². The third-order valence-electron chi connectivity index (χ3n) is 3.87. The van der Waals surface area contributed by atoms with Crippen molar-refractivity contribution in [1.82, 2.24) is 4.90 Å². The number of ether oxygens (including phenoxy) is 1. The highest BCUT2D eigenvalue weighted by molar-refractivity contribution is 6.00. The average Bonchev–Trinajstić information content (AvgIpc) is 2.57. The van der Waals surface area contributed by atoms with Crippen LogP contribution in [-0.4, -0.2) is 37.9 Å². The van der Waals surface area contributed by atoms with Crippen LogP contribution in [-0.2, 0) is 0 Å². The molecule has 0 N–H and O–H groups in total. The molecule has 2 aromatic rings. The molecule has 0 amide bonds. The molecular weight excluding hydrogens is 286 g/mol. The van der Waals surface area contributed by atoms with Gasteiger partial charge in [-0.15, -0.1) is 0 Å². The second-order valence-corrected chi connectivity index (χ2v) is 5.91. The number of benzene rings is 2. The minimum absolute atomic E-state index is 0.103. The summed E-state index contributed by atoms with van der Waals surface area (Å²) >= 11 is 0. The van der Waals surface area contributed by atoms with E-state index in [4.69, 9.17) is 4.74 Å². The average molecular weight is 311 g/mol. The van der Waals surface area contributed by atoms with Gasteiger partial charge in [0.1, 0.15) is 12.4 Å². The Morgan fingerprint density at radius 1 is 1.04 bits per heavy atom. The molecule has 0 heterocycles. The molecule has 0 spiro atoms. The van der Waals surface area contributed by atoms with E-state index in [9.17, 15) is 4.79 Å². The lowest BCUT2D eigenvalue weighted by Gasteiger charge is -2.15. The highest BCUT2D eigenvalue weighted by Crippen LogP contribution is 2.26. The molecule has 3 nitrogen and oxygen atoms in total. The lowest BCUT2D eigenvalue weighted by Crippen LogP contribution is -2.19. The van der Waals surface area contributed by atoms with E-state index in [0.717, 1.165) is 29.8 Å². The first-order valence-electron chi connectivity index (χ1n) is 8.08. The maximum Gasteiger partial charge on any atom is 0.170 e. The lowest BCUT2D eigenvalue weighted by atomic mass is 9.88. The molecule has 1 unspecified atom stereocenters. The molecule has 2 aromatic carbocycles. The Bertz CT molecular complexity index is 605. The number of carbonyl (C=O) groups is 1. The zero-order valence-electron chi connectivity index (χ0n) is 14.2. The topological polar surface area (TPSA) is 29.5 Å². The molecule has 2 rings (SSSR count). The van der Waals surface area contributed by atoms with Crippen LogP contribution in [0.5, 0.6) is 5.75 Å².